The van der Waals surface area contributed by atoms with Gasteiger partial charge in [0.2, 0.25) is 5.91 Å². The molecule has 3 aliphatic heterocycles. The Balaban J connectivity index is 1.55. The van der Waals surface area contributed by atoms with E-state index in [1.165, 1.54) is 12.1 Å². The van der Waals surface area contributed by atoms with Crippen LogP contribution in [0.25, 0.3) is 0 Å². The Hall–Kier alpha value is -2.46. The highest BCUT2D eigenvalue weighted by atomic mass is 35.5. The fourth-order valence-corrected chi connectivity index (χ4v) is 6.71. The molecule has 12 heteroatoms. The molecule has 3 aliphatic rings. The molecule has 7 nitrogen and oxygen atoms in total. The van der Waals surface area contributed by atoms with Gasteiger partial charge in [-0.15, -0.1) is 0 Å². The minimum atomic E-state index is -3.23. The number of aliphatic carboxylic acids is 1. The van der Waals surface area contributed by atoms with Crippen LogP contribution in [0.2, 0.25) is 15.1 Å². The summed E-state index contributed by atoms with van der Waals surface area (Å²) >= 11 is 18.6. The third kappa shape index (κ3) is 3.75. The van der Waals surface area contributed by atoms with Crippen molar-refractivity contribution in [3.8, 4) is 0 Å². The lowest BCUT2D eigenvalue weighted by Gasteiger charge is -2.35. The first-order chi connectivity index (χ1) is 17.0. The van der Waals surface area contributed by atoms with Crippen molar-refractivity contribution in [2.75, 3.05) is 18.4 Å². The zero-order valence-corrected chi connectivity index (χ0v) is 20.8. The van der Waals surface area contributed by atoms with E-state index in [2.05, 4.69) is 10.6 Å². The number of nitrogens with one attached hydrogen (secondary N) is 2. The molecule has 3 heterocycles. The minimum absolute atomic E-state index is 0.0435. The lowest BCUT2D eigenvalue weighted by molar-refractivity contribution is -0.153. The lowest BCUT2D eigenvalue weighted by atomic mass is 9.73. The summed E-state index contributed by atoms with van der Waals surface area (Å²) < 4.78 is 29.5. The van der Waals surface area contributed by atoms with E-state index < -0.39 is 60.1 Å². The summed E-state index contributed by atoms with van der Waals surface area (Å²) in [6.45, 7) is -0.788. The Bertz CT molecular complexity index is 1290. The third-order valence-corrected chi connectivity index (χ3v) is 8.14. The van der Waals surface area contributed by atoms with Crippen LogP contribution >= 0.6 is 34.8 Å². The Morgan fingerprint density at radius 1 is 1.17 bits per heavy atom. The Morgan fingerprint density at radius 2 is 1.89 bits per heavy atom. The van der Waals surface area contributed by atoms with Crippen LogP contribution in [-0.4, -0.2) is 52.8 Å². The Kier molecular flexibility index (Phi) is 6.18. The predicted octanol–water partition coefficient (Wildman–Crippen LogP) is 4.19. The van der Waals surface area contributed by atoms with Gasteiger partial charge >= 0.3 is 5.97 Å². The van der Waals surface area contributed by atoms with Crippen molar-refractivity contribution in [2.24, 2.45) is 11.8 Å². The van der Waals surface area contributed by atoms with Gasteiger partial charge in [0.25, 0.3) is 11.8 Å². The van der Waals surface area contributed by atoms with Crippen molar-refractivity contribution in [3.63, 3.8) is 0 Å². The largest absolute Gasteiger partial charge is 0.481 e. The highest BCUT2D eigenvalue weighted by Crippen LogP contribution is 2.60. The molecule has 2 fully saturated rings. The summed E-state index contributed by atoms with van der Waals surface area (Å²) in [7, 11) is 0. The third-order valence-electron chi connectivity index (χ3n) is 7.26. The molecule has 0 aromatic heterocycles. The van der Waals surface area contributed by atoms with Crippen LogP contribution in [0.5, 0.6) is 0 Å². The van der Waals surface area contributed by atoms with Crippen molar-refractivity contribution in [2.45, 2.75) is 30.3 Å². The number of hydrogen-bond acceptors (Lipinski definition) is 4. The van der Waals surface area contributed by atoms with E-state index in [1.807, 2.05) is 0 Å². The molecule has 36 heavy (non-hydrogen) atoms. The second-order valence-electron chi connectivity index (χ2n) is 9.26. The van der Waals surface area contributed by atoms with Gasteiger partial charge in [0, 0.05) is 34.6 Å². The monoisotopic (exact) mass is 557 g/mol. The van der Waals surface area contributed by atoms with E-state index in [-0.39, 0.29) is 27.8 Å². The molecular weight excluding hydrogens is 539 g/mol. The standard InChI is InChI=1S/C24H20Cl3F2N3O4/c25-12-7-13-19(15(27)8-12)31-22(36)24(13)18(21(34)35)17(16-9-23(28,29)10-32(16)24)20(33)30-6-5-11-3-1-2-4-14(11)26/h1-4,7-8,16-18H,5-6,9-10H2,(H,30,33)(H,31,36)(H,34,35). The molecule has 4 atom stereocenters. The number of carbonyl (C=O) groups excluding carboxylic acids is 2. The van der Waals surface area contributed by atoms with Crippen LogP contribution in [0.15, 0.2) is 36.4 Å². The van der Waals surface area contributed by atoms with Gasteiger partial charge in [-0.2, -0.15) is 0 Å². The molecule has 1 spiro atoms. The molecule has 0 bridgehead atoms. The predicted molar refractivity (Wildman–Crippen MR) is 130 cm³/mol. The minimum Gasteiger partial charge on any atom is -0.481 e. The van der Waals surface area contributed by atoms with Gasteiger partial charge in [-0.05, 0) is 30.2 Å². The average Bonchev–Trinajstić information content (AvgIpc) is 3.36. The van der Waals surface area contributed by atoms with Gasteiger partial charge in [0.05, 0.1) is 23.2 Å². The first-order valence-corrected chi connectivity index (χ1v) is 12.3. The zero-order valence-electron chi connectivity index (χ0n) is 18.5. The quantitative estimate of drug-likeness (QED) is 0.511. The van der Waals surface area contributed by atoms with E-state index >= 15 is 0 Å². The van der Waals surface area contributed by atoms with E-state index in [0.717, 1.165) is 10.5 Å². The summed E-state index contributed by atoms with van der Waals surface area (Å²) in [4.78, 5) is 40.7. The summed E-state index contributed by atoms with van der Waals surface area (Å²) in [6, 6.07) is 8.54. The number of anilines is 1. The van der Waals surface area contributed by atoms with Crippen LogP contribution in [0.3, 0.4) is 0 Å². The number of hydrogen-bond donors (Lipinski definition) is 3. The fourth-order valence-electron chi connectivity index (χ4n) is 5.94. The lowest BCUT2D eigenvalue weighted by Crippen LogP contribution is -2.54. The van der Waals surface area contributed by atoms with Crippen molar-refractivity contribution in [3.05, 3.63) is 62.6 Å². The molecule has 5 rings (SSSR count). The molecule has 0 aliphatic carbocycles. The summed E-state index contributed by atoms with van der Waals surface area (Å²) in [5, 5.41) is 16.2. The number of carbonyl (C=O) groups is 3. The molecule has 190 valence electrons. The number of halogens is 5. The second kappa shape index (κ2) is 8.83. The topological polar surface area (TPSA) is 98.7 Å². The first kappa shape index (κ1) is 25.2. The van der Waals surface area contributed by atoms with Crippen molar-refractivity contribution >= 4 is 58.3 Å². The van der Waals surface area contributed by atoms with E-state index in [1.54, 1.807) is 24.3 Å². The van der Waals surface area contributed by atoms with E-state index in [0.29, 0.717) is 11.4 Å². The van der Waals surface area contributed by atoms with Crippen LogP contribution < -0.4 is 10.6 Å². The van der Waals surface area contributed by atoms with Crippen molar-refractivity contribution in [1.29, 1.82) is 0 Å². The van der Waals surface area contributed by atoms with E-state index in [9.17, 15) is 28.3 Å². The molecule has 2 aromatic rings. The van der Waals surface area contributed by atoms with Crippen LogP contribution in [0, 0.1) is 11.8 Å². The number of amides is 2. The first-order valence-electron chi connectivity index (χ1n) is 11.2. The van der Waals surface area contributed by atoms with Gasteiger partial charge in [0.1, 0.15) is 11.5 Å². The van der Waals surface area contributed by atoms with Crippen molar-refractivity contribution < 1.29 is 28.3 Å². The average molecular weight is 559 g/mol. The van der Waals surface area contributed by atoms with E-state index in [4.69, 9.17) is 34.8 Å². The van der Waals surface area contributed by atoms with Gasteiger partial charge in [-0.3, -0.25) is 19.3 Å². The maximum Gasteiger partial charge on any atom is 0.310 e. The maximum atomic E-state index is 14.7. The number of rotatable bonds is 5. The summed E-state index contributed by atoms with van der Waals surface area (Å²) in [5.74, 6) is -9.34. The summed E-state index contributed by atoms with van der Waals surface area (Å²) in [5.41, 5.74) is -1.14. The van der Waals surface area contributed by atoms with Gasteiger partial charge in [-0.25, -0.2) is 8.78 Å². The molecule has 0 saturated carbocycles. The molecule has 3 N–H and O–H groups in total. The number of fused-ring (bicyclic) bond motifs is 4. The molecule has 2 amide bonds. The van der Waals surface area contributed by atoms with Crippen LogP contribution in [-0.2, 0) is 26.3 Å². The maximum absolute atomic E-state index is 14.7. The summed E-state index contributed by atoms with van der Waals surface area (Å²) in [6.07, 6.45) is -0.419. The molecular formula is C24H20Cl3F2N3O4. The molecule has 2 saturated heterocycles. The highest BCUT2D eigenvalue weighted by molar-refractivity contribution is 6.38. The van der Waals surface area contributed by atoms with Gasteiger partial charge in [0.15, 0.2) is 0 Å². The number of carboxylic acid groups (broad SMARTS) is 1. The molecule has 2 aromatic carbocycles. The zero-order chi connectivity index (χ0) is 26.0. The normalized spacial score (nSPS) is 28.1. The Morgan fingerprint density at radius 3 is 2.58 bits per heavy atom. The van der Waals surface area contributed by atoms with Crippen LogP contribution in [0.1, 0.15) is 17.5 Å². The SMILES string of the molecule is O=C(NCCc1ccccc1Cl)C1C2CC(F)(F)CN2C2(C(=O)Nc3c(Cl)cc(Cl)cc32)C1C(=O)O. The smallest absolute Gasteiger partial charge is 0.310 e. The number of nitrogens with zero attached hydrogens (tertiary/aromatic N) is 1. The molecule has 0 radical (unpaired) electrons. The van der Waals surface area contributed by atoms with Crippen molar-refractivity contribution in [1.82, 2.24) is 10.2 Å². The van der Waals surface area contributed by atoms with Gasteiger partial charge < -0.3 is 15.7 Å². The van der Waals surface area contributed by atoms with Gasteiger partial charge in [-0.1, -0.05) is 53.0 Å². The number of benzene rings is 2. The van der Waals surface area contributed by atoms with Crippen LogP contribution in [0.4, 0.5) is 14.5 Å². The Labute approximate surface area is 219 Å². The molecule has 4 unspecified atom stereocenters. The highest BCUT2D eigenvalue weighted by Gasteiger charge is 2.74. The number of alkyl halides is 2. The fraction of sp³-hybridized carbons (Fsp3) is 0.375. The second-order valence-corrected chi connectivity index (χ2v) is 10.5. The number of carboxylic acids is 1.